The number of carbonyl (C=O) groups is 2. The molecular weight excluding hydrogens is 240 g/mol. The third-order valence-electron chi connectivity index (χ3n) is 2.20. The number of hydrogen-bond acceptors (Lipinski definition) is 5. The zero-order valence-corrected chi connectivity index (χ0v) is 9.79. The van der Waals surface area contributed by atoms with Gasteiger partial charge in [-0.15, -0.1) is 0 Å². The molecule has 1 rings (SSSR count). The smallest absolute Gasteiger partial charge is 0.332 e. The molecular formula is C11H14N2O5. The van der Waals surface area contributed by atoms with Gasteiger partial charge in [-0.25, -0.2) is 9.78 Å². The number of ether oxygens (including phenoxy) is 1. The first-order valence-corrected chi connectivity index (χ1v) is 5.23. The molecule has 7 heteroatoms. The molecule has 0 saturated carbocycles. The third kappa shape index (κ3) is 4.02. The van der Waals surface area contributed by atoms with Crippen LogP contribution >= 0.6 is 0 Å². The van der Waals surface area contributed by atoms with E-state index in [0.29, 0.717) is 11.4 Å². The van der Waals surface area contributed by atoms with Gasteiger partial charge in [-0.3, -0.25) is 4.79 Å². The Morgan fingerprint density at radius 3 is 2.72 bits per heavy atom. The molecule has 0 aliphatic carbocycles. The van der Waals surface area contributed by atoms with Crippen LogP contribution in [0, 0.1) is 0 Å². The van der Waals surface area contributed by atoms with Crippen LogP contribution in [0.25, 0.3) is 0 Å². The van der Waals surface area contributed by atoms with E-state index in [4.69, 9.17) is 14.9 Å². The maximum absolute atomic E-state index is 11.6. The van der Waals surface area contributed by atoms with E-state index in [0.717, 1.165) is 0 Å². The number of pyridine rings is 1. The van der Waals surface area contributed by atoms with Gasteiger partial charge in [-0.2, -0.15) is 0 Å². The fourth-order valence-electron chi connectivity index (χ4n) is 1.18. The molecule has 0 radical (unpaired) electrons. The van der Waals surface area contributed by atoms with Gasteiger partial charge in [-0.1, -0.05) is 0 Å². The number of nitrogens with one attached hydrogen (secondary N) is 1. The maximum atomic E-state index is 11.6. The number of rotatable bonds is 6. The molecule has 3 N–H and O–H groups in total. The van der Waals surface area contributed by atoms with Crippen LogP contribution in [0.1, 0.15) is 16.8 Å². The van der Waals surface area contributed by atoms with Crippen LogP contribution in [0.3, 0.4) is 0 Å². The van der Waals surface area contributed by atoms with Crippen LogP contribution in [-0.4, -0.2) is 46.8 Å². The van der Waals surface area contributed by atoms with Crippen molar-refractivity contribution in [1.82, 2.24) is 10.3 Å². The number of aliphatic carboxylic acids is 1. The van der Waals surface area contributed by atoms with E-state index in [2.05, 4.69) is 10.3 Å². The Balaban J connectivity index is 2.42. The van der Waals surface area contributed by atoms with Gasteiger partial charge in [0.1, 0.15) is 0 Å². The minimum Gasteiger partial charge on any atom is -0.481 e. The molecule has 1 atom stereocenters. The maximum Gasteiger partial charge on any atom is 0.332 e. The normalized spacial score (nSPS) is 11.7. The second-order valence-electron chi connectivity index (χ2n) is 3.49. The first-order chi connectivity index (χ1) is 8.54. The minimum absolute atomic E-state index is 0.0509. The Morgan fingerprint density at radius 2 is 2.22 bits per heavy atom. The average Bonchev–Trinajstić information content (AvgIpc) is 2.38. The predicted octanol–water partition coefficient (Wildman–Crippen LogP) is -0.344. The van der Waals surface area contributed by atoms with Crippen LogP contribution < -0.4 is 10.1 Å². The Hall–Kier alpha value is -2.15. The highest BCUT2D eigenvalue weighted by molar-refractivity contribution is 5.93. The number of aromatic nitrogens is 1. The van der Waals surface area contributed by atoms with Gasteiger partial charge in [0, 0.05) is 25.2 Å². The fraction of sp³-hybridized carbons (Fsp3) is 0.364. The highest BCUT2D eigenvalue weighted by Crippen LogP contribution is 2.06. The van der Waals surface area contributed by atoms with E-state index in [1.807, 2.05) is 0 Å². The monoisotopic (exact) mass is 254 g/mol. The van der Waals surface area contributed by atoms with Gasteiger partial charge >= 0.3 is 5.97 Å². The van der Waals surface area contributed by atoms with E-state index in [1.165, 1.54) is 19.4 Å². The Labute approximate surface area is 103 Å². The van der Waals surface area contributed by atoms with Crippen molar-refractivity contribution in [3.63, 3.8) is 0 Å². The van der Waals surface area contributed by atoms with Crippen molar-refractivity contribution in [2.75, 3.05) is 13.7 Å². The number of aliphatic hydroxyl groups is 1. The first kappa shape index (κ1) is 13.9. The summed E-state index contributed by atoms with van der Waals surface area (Å²) >= 11 is 0. The summed E-state index contributed by atoms with van der Waals surface area (Å²) in [5, 5.41) is 19.9. The first-order valence-electron chi connectivity index (χ1n) is 5.23. The molecule has 0 fully saturated rings. The van der Waals surface area contributed by atoms with Crippen molar-refractivity contribution < 1.29 is 24.5 Å². The third-order valence-corrected chi connectivity index (χ3v) is 2.20. The number of carboxylic acid groups (broad SMARTS) is 1. The summed E-state index contributed by atoms with van der Waals surface area (Å²) in [5.41, 5.74) is 0.334. The van der Waals surface area contributed by atoms with E-state index < -0.39 is 12.1 Å². The molecule has 1 aromatic rings. The van der Waals surface area contributed by atoms with Crippen LogP contribution in [0.4, 0.5) is 0 Å². The molecule has 0 aliphatic heterocycles. The summed E-state index contributed by atoms with van der Waals surface area (Å²) in [6.07, 6.45) is -0.175. The summed E-state index contributed by atoms with van der Waals surface area (Å²) in [6.45, 7) is 0.0678. The van der Waals surface area contributed by atoms with Crippen LogP contribution in [0.2, 0.25) is 0 Å². The molecule has 1 amide bonds. The lowest BCUT2D eigenvalue weighted by Crippen LogP contribution is -2.30. The largest absolute Gasteiger partial charge is 0.481 e. The minimum atomic E-state index is -1.47. The predicted molar refractivity (Wildman–Crippen MR) is 61.4 cm³/mol. The quantitative estimate of drug-likeness (QED) is 0.640. The van der Waals surface area contributed by atoms with Gasteiger partial charge in [0.25, 0.3) is 5.91 Å². The lowest BCUT2D eigenvalue weighted by atomic mass is 10.2. The van der Waals surface area contributed by atoms with E-state index >= 15 is 0 Å². The lowest BCUT2D eigenvalue weighted by Gasteiger charge is -2.07. The molecule has 0 spiro atoms. The Morgan fingerprint density at radius 1 is 1.50 bits per heavy atom. The number of amides is 1. The Bertz CT molecular complexity index is 418. The Kier molecular flexibility index (Phi) is 5.06. The zero-order valence-electron chi connectivity index (χ0n) is 9.79. The lowest BCUT2D eigenvalue weighted by molar-refractivity contribution is -0.146. The zero-order chi connectivity index (χ0) is 13.5. The molecule has 0 bridgehead atoms. The summed E-state index contributed by atoms with van der Waals surface area (Å²) in [6, 6.07) is 3.08. The molecule has 98 valence electrons. The number of carbonyl (C=O) groups excluding carboxylic acids is 1. The van der Waals surface area contributed by atoms with Crippen LogP contribution in [0.5, 0.6) is 5.88 Å². The fourth-order valence-corrected chi connectivity index (χ4v) is 1.18. The molecule has 0 saturated heterocycles. The van der Waals surface area contributed by atoms with Crippen LogP contribution in [0.15, 0.2) is 18.3 Å². The van der Waals surface area contributed by atoms with Crippen molar-refractivity contribution >= 4 is 11.9 Å². The topological polar surface area (TPSA) is 109 Å². The summed E-state index contributed by atoms with van der Waals surface area (Å²) < 4.78 is 4.85. The van der Waals surface area contributed by atoms with E-state index in [9.17, 15) is 9.59 Å². The SMILES string of the molecule is COc1ccc(C(=O)NCCC(O)C(=O)O)cn1. The summed E-state index contributed by atoms with van der Waals surface area (Å²) in [7, 11) is 1.47. The van der Waals surface area contributed by atoms with Crippen molar-refractivity contribution in [2.24, 2.45) is 0 Å². The number of nitrogens with zero attached hydrogens (tertiary/aromatic N) is 1. The molecule has 7 nitrogen and oxygen atoms in total. The van der Waals surface area contributed by atoms with Crippen molar-refractivity contribution in [3.8, 4) is 5.88 Å². The molecule has 0 aromatic carbocycles. The van der Waals surface area contributed by atoms with Gasteiger partial charge in [-0.05, 0) is 6.07 Å². The van der Waals surface area contributed by atoms with Crippen molar-refractivity contribution in [2.45, 2.75) is 12.5 Å². The van der Waals surface area contributed by atoms with Gasteiger partial charge in [0.2, 0.25) is 5.88 Å². The molecule has 1 aromatic heterocycles. The molecule has 1 unspecified atom stereocenters. The van der Waals surface area contributed by atoms with Crippen LogP contribution in [-0.2, 0) is 4.79 Å². The number of methoxy groups -OCH3 is 1. The van der Waals surface area contributed by atoms with Gasteiger partial charge in [0.05, 0.1) is 12.7 Å². The van der Waals surface area contributed by atoms with Crippen molar-refractivity contribution in [1.29, 1.82) is 0 Å². The molecule has 18 heavy (non-hydrogen) atoms. The molecule has 0 aliphatic rings. The van der Waals surface area contributed by atoms with Crippen molar-refractivity contribution in [3.05, 3.63) is 23.9 Å². The molecule has 1 heterocycles. The van der Waals surface area contributed by atoms with Gasteiger partial charge < -0.3 is 20.3 Å². The standard InChI is InChI=1S/C11H14N2O5/c1-18-9-3-2-7(6-13-9)10(15)12-5-4-8(14)11(16)17/h2-3,6,8,14H,4-5H2,1H3,(H,12,15)(H,16,17). The second-order valence-corrected chi connectivity index (χ2v) is 3.49. The summed E-state index contributed by atoms with van der Waals surface area (Å²) in [4.78, 5) is 25.8. The number of hydrogen-bond donors (Lipinski definition) is 3. The summed E-state index contributed by atoms with van der Waals surface area (Å²) in [5.74, 6) is -1.30. The van der Waals surface area contributed by atoms with E-state index in [1.54, 1.807) is 6.07 Å². The average molecular weight is 254 g/mol. The highest BCUT2D eigenvalue weighted by Gasteiger charge is 2.13. The number of carboxylic acids is 1. The highest BCUT2D eigenvalue weighted by atomic mass is 16.5. The van der Waals surface area contributed by atoms with Gasteiger partial charge in [0.15, 0.2) is 6.10 Å². The second kappa shape index (κ2) is 6.55. The number of aliphatic hydroxyl groups excluding tert-OH is 1. The van der Waals surface area contributed by atoms with E-state index in [-0.39, 0.29) is 18.9 Å².